The maximum atomic E-state index is 11.7. The van der Waals surface area contributed by atoms with Gasteiger partial charge in [0.2, 0.25) is 0 Å². The molecule has 0 amide bonds. The number of carbonyl (C=O) groups excluding carboxylic acids is 1. The van der Waals surface area contributed by atoms with Crippen LogP contribution in [0.3, 0.4) is 0 Å². The standard InChI is InChI=1S/C13H16O5/c1-4-18-13(15)11(8-14)10-6-5-9(16-2)7-12(10)17-3/h5-8,14H,4H2,1-3H3/b11-8+. The molecule has 1 rings (SSSR count). The lowest BCUT2D eigenvalue weighted by molar-refractivity contribution is -0.136. The maximum absolute atomic E-state index is 11.7. The lowest BCUT2D eigenvalue weighted by Gasteiger charge is -2.11. The monoisotopic (exact) mass is 252 g/mol. The van der Waals surface area contributed by atoms with Gasteiger partial charge in [0.25, 0.3) is 0 Å². The molecule has 0 saturated heterocycles. The summed E-state index contributed by atoms with van der Waals surface area (Å²) in [5, 5.41) is 9.17. The van der Waals surface area contributed by atoms with Crippen LogP contribution < -0.4 is 9.47 Å². The van der Waals surface area contributed by atoms with Crippen LogP contribution in [0.1, 0.15) is 12.5 Å². The van der Waals surface area contributed by atoms with E-state index in [-0.39, 0.29) is 12.2 Å². The lowest BCUT2D eigenvalue weighted by Crippen LogP contribution is -2.08. The molecule has 1 N–H and O–H groups in total. The number of aliphatic hydroxyl groups excluding tert-OH is 1. The molecule has 5 nitrogen and oxygen atoms in total. The van der Waals surface area contributed by atoms with Gasteiger partial charge in [-0.3, -0.25) is 0 Å². The largest absolute Gasteiger partial charge is 0.515 e. The highest BCUT2D eigenvalue weighted by molar-refractivity contribution is 6.17. The molecule has 18 heavy (non-hydrogen) atoms. The Kier molecular flexibility index (Phi) is 5.05. The van der Waals surface area contributed by atoms with Crippen molar-refractivity contribution < 1.29 is 24.1 Å². The number of ether oxygens (including phenoxy) is 3. The van der Waals surface area contributed by atoms with Crippen LogP contribution in [0.15, 0.2) is 24.5 Å². The van der Waals surface area contributed by atoms with E-state index in [9.17, 15) is 9.90 Å². The molecule has 0 heterocycles. The Morgan fingerprint density at radius 1 is 1.33 bits per heavy atom. The Hall–Kier alpha value is -2.17. The molecule has 0 aliphatic rings. The molecule has 0 radical (unpaired) electrons. The van der Waals surface area contributed by atoms with E-state index in [1.165, 1.54) is 14.2 Å². The zero-order chi connectivity index (χ0) is 13.5. The molecule has 0 saturated carbocycles. The summed E-state index contributed by atoms with van der Waals surface area (Å²) in [5.41, 5.74) is 0.482. The summed E-state index contributed by atoms with van der Waals surface area (Å²) in [5.74, 6) is 0.405. The molecule has 0 atom stereocenters. The second kappa shape index (κ2) is 6.54. The Balaban J connectivity index is 3.18. The molecule has 0 aliphatic carbocycles. The first kappa shape index (κ1) is 13.9. The molecular weight excluding hydrogens is 236 g/mol. The minimum absolute atomic E-state index is 0.0383. The van der Waals surface area contributed by atoms with Gasteiger partial charge in [0.15, 0.2) is 0 Å². The molecule has 0 bridgehead atoms. The first-order valence-electron chi connectivity index (χ1n) is 5.41. The molecule has 0 aromatic heterocycles. The van der Waals surface area contributed by atoms with Crippen LogP contribution in [0.4, 0.5) is 0 Å². The maximum Gasteiger partial charge on any atom is 0.342 e. The summed E-state index contributed by atoms with van der Waals surface area (Å²) in [6, 6.07) is 4.91. The number of hydrogen-bond donors (Lipinski definition) is 1. The third-order valence-corrected chi connectivity index (χ3v) is 2.32. The van der Waals surface area contributed by atoms with Gasteiger partial charge >= 0.3 is 5.97 Å². The summed E-state index contributed by atoms with van der Waals surface area (Å²) >= 11 is 0. The molecular formula is C13H16O5. The highest BCUT2D eigenvalue weighted by Crippen LogP contribution is 2.30. The predicted octanol–water partition coefficient (Wildman–Crippen LogP) is 2.17. The molecule has 98 valence electrons. The number of rotatable bonds is 5. The summed E-state index contributed by atoms with van der Waals surface area (Å²) < 4.78 is 15.1. The number of carbonyl (C=O) groups is 1. The van der Waals surface area contributed by atoms with Crippen molar-refractivity contribution in [2.45, 2.75) is 6.92 Å². The van der Waals surface area contributed by atoms with Crippen molar-refractivity contribution in [3.8, 4) is 11.5 Å². The molecule has 0 fully saturated rings. The van der Waals surface area contributed by atoms with Crippen molar-refractivity contribution in [3.63, 3.8) is 0 Å². The van der Waals surface area contributed by atoms with Crippen molar-refractivity contribution >= 4 is 11.5 Å². The van der Waals surface area contributed by atoms with Crippen molar-refractivity contribution in [2.24, 2.45) is 0 Å². The Labute approximate surface area is 106 Å². The highest BCUT2D eigenvalue weighted by Gasteiger charge is 2.18. The van der Waals surface area contributed by atoms with E-state index in [1.807, 2.05) is 0 Å². The minimum Gasteiger partial charge on any atom is -0.515 e. The zero-order valence-corrected chi connectivity index (χ0v) is 10.6. The van der Waals surface area contributed by atoms with Gasteiger partial charge in [-0.1, -0.05) is 0 Å². The molecule has 0 aliphatic heterocycles. The van der Waals surface area contributed by atoms with E-state index < -0.39 is 5.97 Å². The van der Waals surface area contributed by atoms with Gasteiger partial charge in [0.05, 0.1) is 27.1 Å². The van der Waals surface area contributed by atoms with Crippen molar-refractivity contribution in [3.05, 3.63) is 30.0 Å². The fourth-order valence-corrected chi connectivity index (χ4v) is 1.46. The number of esters is 1. The topological polar surface area (TPSA) is 65.0 Å². The van der Waals surface area contributed by atoms with Gasteiger partial charge < -0.3 is 19.3 Å². The quantitative estimate of drug-likeness (QED) is 0.494. The zero-order valence-electron chi connectivity index (χ0n) is 10.6. The van der Waals surface area contributed by atoms with Crippen LogP contribution in [0.25, 0.3) is 5.57 Å². The van der Waals surface area contributed by atoms with Gasteiger partial charge in [-0.15, -0.1) is 0 Å². The summed E-state index contributed by atoms with van der Waals surface area (Å²) in [4.78, 5) is 11.7. The van der Waals surface area contributed by atoms with Gasteiger partial charge in [0.1, 0.15) is 17.1 Å². The smallest absolute Gasteiger partial charge is 0.342 e. The minimum atomic E-state index is -0.608. The summed E-state index contributed by atoms with van der Waals surface area (Å²) in [6.07, 6.45) is 0.711. The Morgan fingerprint density at radius 2 is 2.06 bits per heavy atom. The van der Waals surface area contributed by atoms with E-state index in [4.69, 9.17) is 14.2 Å². The highest BCUT2D eigenvalue weighted by atomic mass is 16.5. The number of aliphatic hydroxyl groups is 1. The lowest BCUT2D eigenvalue weighted by atomic mass is 10.1. The number of hydrogen-bond acceptors (Lipinski definition) is 5. The van der Waals surface area contributed by atoms with Gasteiger partial charge in [0, 0.05) is 11.6 Å². The third kappa shape index (κ3) is 2.94. The van der Waals surface area contributed by atoms with E-state index in [1.54, 1.807) is 25.1 Å². The molecule has 0 unspecified atom stereocenters. The van der Waals surface area contributed by atoms with Crippen LogP contribution in [0.2, 0.25) is 0 Å². The van der Waals surface area contributed by atoms with Crippen LogP contribution in [-0.2, 0) is 9.53 Å². The molecule has 5 heteroatoms. The van der Waals surface area contributed by atoms with Gasteiger partial charge in [-0.2, -0.15) is 0 Å². The number of benzene rings is 1. The first-order chi connectivity index (χ1) is 8.67. The number of methoxy groups -OCH3 is 2. The fraction of sp³-hybridized carbons (Fsp3) is 0.308. The molecule has 1 aromatic carbocycles. The molecule has 0 spiro atoms. The summed E-state index contributed by atoms with van der Waals surface area (Å²) in [7, 11) is 3.00. The Morgan fingerprint density at radius 3 is 2.56 bits per heavy atom. The van der Waals surface area contributed by atoms with E-state index in [0.717, 1.165) is 0 Å². The van der Waals surface area contributed by atoms with Crippen LogP contribution in [0, 0.1) is 0 Å². The van der Waals surface area contributed by atoms with Crippen molar-refractivity contribution in [1.82, 2.24) is 0 Å². The van der Waals surface area contributed by atoms with E-state index in [0.29, 0.717) is 23.3 Å². The van der Waals surface area contributed by atoms with Crippen LogP contribution >= 0.6 is 0 Å². The SMILES string of the molecule is CCOC(=O)/C(=C/O)c1ccc(OC)cc1OC. The normalized spacial score (nSPS) is 10.9. The second-order valence-corrected chi connectivity index (χ2v) is 3.33. The molecule has 1 aromatic rings. The second-order valence-electron chi connectivity index (χ2n) is 3.33. The Bertz CT molecular complexity index is 451. The van der Waals surface area contributed by atoms with E-state index >= 15 is 0 Å². The van der Waals surface area contributed by atoms with Gasteiger partial charge in [-0.25, -0.2) is 4.79 Å². The van der Waals surface area contributed by atoms with E-state index in [2.05, 4.69) is 0 Å². The van der Waals surface area contributed by atoms with Crippen LogP contribution in [0.5, 0.6) is 11.5 Å². The fourth-order valence-electron chi connectivity index (χ4n) is 1.46. The average molecular weight is 252 g/mol. The predicted molar refractivity (Wildman–Crippen MR) is 66.8 cm³/mol. The van der Waals surface area contributed by atoms with Crippen molar-refractivity contribution in [1.29, 1.82) is 0 Å². The first-order valence-corrected chi connectivity index (χ1v) is 5.41. The average Bonchev–Trinajstić information content (AvgIpc) is 2.40. The third-order valence-electron chi connectivity index (χ3n) is 2.32. The van der Waals surface area contributed by atoms with Crippen LogP contribution in [-0.4, -0.2) is 31.9 Å². The van der Waals surface area contributed by atoms with Crippen molar-refractivity contribution in [2.75, 3.05) is 20.8 Å². The van der Waals surface area contributed by atoms with Gasteiger partial charge in [-0.05, 0) is 19.1 Å². The summed E-state index contributed by atoms with van der Waals surface area (Å²) in [6.45, 7) is 1.92.